The Morgan fingerprint density at radius 1 is 1.09 bits per heavy atom. The largest absolute Gasteiger partial charge is 0.344 e. The van der Waals surface area contributed by atoms with Crippen molar-refractivity contribution in [1.82, 2.24) is 14.5 Å². The van der Waals surface area contributed by atoms with E-state index in [1.165, 1.54) is 4.31 Å². The summed E-state index contributed by atoms with van der Waals surface area (Å²) in [4.78, 5) is 25.4. The van der Waals surface area contributed by atoms with Crippen LogP contribution in [0, 0.1) is 0 Å². The van der Waals surface area contributed by atoms with Gasteiger partial charge in [0.25, 0.3) is 0 Å². The van der Waals surface area contributed by atoms with Gasteiger partial charge in [-0.15, -0.1) is 0 Å². The molecule has 0 aliphatic carbocycles. The van der Waals surface area contributed by atoms with Crippen LogP contribution in [0.4, 0.5) is 0 Å². The Morgan fingerprint density at radius 3 is 2.30 bits per heavy atom. The second-order valence-electron chi connectivity index (χ2n) is 5.70. The van der Waals surface area contributed by atoms with E-state index in [0.717, 1.165) is 0 Å². The Labute approximate surface area is 135 Å². The van der Waals surface area contributed by atoms with Crippen molar-refractivity contribution in [3.05, 3.63) is 30.3 Å². The number of amides is 2. The van der Waals surface area contributed by atoms with E-state index in [1.807, 2.05) is 0 Å². The minimum Gasteiger partial charge on any atom is -0.344 e. The van der Waals surface area contributed by atoms with Gasteiger partial charge >= 0.3 is 0 Å². The second-order valence-corrected chi connectivity index (χ2v) is 7.64. The first-order valence-electron chi connectivity index (χ1n) is 7.62. The highest BCUT2D eigenvalue weighted by Gasteiger charge is 2.34. The molecular formula is C15H19N3O4S. The molecular weight excluding hydrogens is 318 g/mol. The maximum Gasteiger partial charge on any atom is 0.245 e. The minimum atomic E-state index is -3.51. The molecule has 2 saturated heterocycles. The van der Waals surface area contributed by atoms with Crippen LogP contribution in [0.2, 0.25) is 0 Å². The van der Waals surface area contributed by atoms with Gasteiger partial charge in [-0.05, 0) is 18.6 Å². The van der Waals surface area contributed by atoms with Gasteiger partial charge in [0.1, 0.15) is 6.04 Å². The average molecular weight is 337 g/mol. The first-order valence-corrected chi connectivity index (χ1v) is 9.06. The first kappa shape index (κ1) is 15.9. The summed E-state index contributed by atoms with van der Waals surface area (Å²) in [5.74, 6) is -0.221. The Bertz CT molecular complexity index is 697. The number of nitrogens with zero attached hydrogens (tertiary/aromatic N) is 2. The fourth-order valence-corrected chi connectivity index (χ4v) is 4.35. The molecule has 0 saturated carbocycles. The van der Waals surface area contributed by atoms with E-state index in [2.05, 4.69) is 5.32 Å². The lowest BCUT2D eigenvalue weighted by Crippen LogP contribution is -2.54. The summed E-state index contributed by atoms with van der Waals surface area (Å²) in [5, 5.41) is 2.66. The van der Waals surface area contributed by atoms with E-state index in [0.29, 0.717) is 25.9 Å². The Hall–Kier alpha value is -1.93. The fraction of sp³-hybridized carbons (Fsp3) is 0.467. The predicted octanol–water partition coefficient (Wildman–Crippen LogP) is -0.202. The predicted molar refractivity (Wildman–Crippen MR) is 82.9 cm³/mol. The molecule has 2 aliphatic heterocycles. The molecule has 0 aromatic heterocycles. The molecule has 8 heteroatoms. The van der Waals surface area contributed by atoms with Crippen molar-refractivity contribution >= 4 is 21.8 Å². The summed E-state index contributed by atoms with van der Waals surface area (Å²) < 4.78 is 26.5. The normalized spacial score (nSPS) is 22.9. The topological polar surface area (TPSA) is 86.8 Å². The van der Waals surface area contributed by atoms with E-state index in [4.69, 9.17) is 0 Å². The van der Waals surface area contributed by atoms with Gasteiger partial charge in [-0.3, -0.25) is 9.59 Å². The molecule has 0 radical (unpaired) electrons. The third-order valence-electron chi connectivity index (χ3n) is 4.22. The fourth-order valence-electron chi connectivity index (χ4n) is 2.91. The molecule has 0 unspecified atom stereocenters. The molecule has 1 N–H and O–H groups in total. The summed E-state index contributed by atoms with van der Waals surface area (Å²) in [6.07, 6.45) is 0.888. The molecule has 2 fully saturated rings. The van der Waals surface area contributed by atoms with Gasteiger partial charge < -0.3 is 10.2 Å². The quantitative estimate of drug-likeness (QED) is 0.827. The molecule has 2 aliphatic rings. The maximum absolute atomic E-state index is 12.5. The van der Waals surface area contributed by atoms with E-state index in [-0.39, 0.29) is 29.8 Å². The van der Waals surface area contributed by atoms with E-state index in [1.54, 1.807) is 35.2 Å². The van der Waals surface area contributed by atoms with E-state index in [9.17, 15) is 18.0 Å². The third-order valence-corrected chi connectivity index (χ3v) is 6.14. The zero-order valence-corrected chi connectivity index (χ0v) is 13.5. The third kappa shape index (κ3) is 3.23. The first-order chi connectivity index (χ1) is 11.0. The molecule has 3 rings (SSSR count). The van der Waals surface area contributed by atoms with Crippen LogP contribution in [0.15, 0.2) is 35.2 Å². The van der Waals surface area contributed by atoms with E-state index < -0.39 is 16.1 Å². The van der Waals surface area contributed by atoms with Gasteiger partial charge in [0, 0.05) is 32.6 Å². The van der Waals surface area contributed by atoms with Crippen molar-refractivity contribution in [3.63, 3.8) is 0 Å². The van der Waals surface area contributed by atoms with Gasteiger partial charge in [-0.25, -0.2) is 8.42 Å². The van der Waals surface area contributed by atoms with Crippen LogP contribution in [0.25, 0.3) is 0 Å². The van der Waals surface area contributed by atoms with Crippen LogP contribution >= 0.6 is 0 Å². The highest BCUT2D eigenvalue weighted by atomic mass is 32.2. The monoisotopic (exact) mass is 337 g/mol. The lowest BCUT2D eigenvalue weighted by Gasteiger charge is -2.35. The Morgan fingerprint density at radius 2 is 1.74 bits per heavy atom. The van der Waals surface area contributed by atoms with Crippen LogP contribution in [-0.2, 0) is 19.6 Å². The van der Waals surface area contributed by atoms with Crippen molar-refractivity contribution < 1.29 is 18.0 Å². The molecule has 1 atom stereocenters. The van der Waals surface area contributed by atoms with Crippen molar-refractivity contribution in [2.45, 2.75) is 23.8 Å². The number of rotatable bonds is 3. The average Bonchev–Trinajstić information content (AvgIpc) is 3.01. The lowest BCUT2D eigenvalue weighted by molar-refractivity contribution is -0.135. The molecule has 1 aromatic rings. The highest BCUT2D eigenvalue weighted by Crippen LogP contribution is 2.18. The van der Waals surface area contributed by atoms with Crippen molar-refractivity contribution in [2.75, 3.05) is 26.2 Å². The number of sulfonamides is 1. The van der Waals surface area contributed by atoms with Crippen molar-refractivity contribution in [2.24, 2.45) is 0 Å². The number of hydrogen-bond donors (Lipinski definition) is 1. The molecule has 1 aromatic carbocycles. The summed E-state index contributed by atoms with van der Waals surface area (Å²) in [6.45, 7) is 1.22. The lowest BCUT2D eigenvalue weighted by atomic mass is 10.2. The highest BCUT2D eigenvalue weighted by molar-refractivity contribution is 7.89. The zero-order valence-electron chi connectivity index (χ0n) is 12.6. The number of piperazine rings is 1. The molecule has 7 nitrogen and oxygen atoms in total. The number of carbonyl (C=O) groups excluding carboxylic acids is 2. The molecule has 124 valence electrons. The van der Waals surface area contributed by atoms with Crippen molar-refractivity contribution in [3.8, 4) is 0 Å². The molecule has 2 amide bonds. The Balaban J connectivity index is 1.62. The smallest absolute Gasteiger partial charge is 0.245 e. The second kappa shape index (κ2) is 6.29. The van der Waals surface area contributed by atoms with Gasteiger partial charge in [0.2, 0.25) is 21.8 Å². The van der Waals surface area contributed by atoms with Gasteiger partial charge in [-0.1, -0.05) is 18.2 Å². The van der Waals surface area contributed by atoms with Gasteiger partial charge in [-0.2, -0.15) is 4.31 Å². The number of carbonyl (C=O) groups is 2. The van der Waals surface area contributed by atoms with Crippen LogP contribution in [0.1, 0.15) is 12.8 Å². The van der Waals surface area contributed by atoms with Crippen LogP contribution in [0.5, 0.6) is 0 Å². The van der Waals surface area contributed by atoms with Crippen LogP contribution in [-0.4, -0.2) is 61.7 Å². The molecule has 2 heterocycles. The standard InChI is InChI=1S/C15H19N3O4S/c19-14-7-6-13(16-14)15(20)17-8-10-18(11-9-17)23(21,22)12-4-2-1-3-5-12/h1-5,13H,6-11H2,(H,16,19)/t13-/m1/s1. The minimum absolute atomic E-state index is 0.103. The SMILES string of the molecule is O=C1CC[C@H](C(=O)N2CCN(S(=O)(=O)c3ccccc3)CC2)N1. The molecule has 23 heavy (non-hydrogen) atoms. The number of nitrogens with one attached hydrogen (secondary N) is 1. The number of benzene rings is 1. The summed E-state index contributed by atoms with van der Waals surface area (Å²) in [6, 6.07) is 7.83. The molecule has 0 spiro atoms. The van der Waals surface area contributed by atoms with Crippen LogP contribution in [0.3, 0.4) is 0 Å². The maximum atomic E-state index is 12.5. The van der Waals surface area contributed by atoms with Gasteiger partial charge in [0.05, 0.1) is 4.90 Å². The van der Waals surface area contributed by atoms with Gasteiger partial charge in [0.15, 0.2) is 0 Å². The van der Waals surface area contributed by atoms with Crippen LogP contribution < -0.4 is 5.32 Å². The molecule has 0 bridgehead atoms. The summed E-state index contributed by atoms with van der Waals surface area (Å²) >= 11 is 0. The Kier molecular flexibility index (Phi) is 4.36. The zero-order chi connectivity index (χ0) is 16.4. The van der Waals surface area contributed by atoms with E-state index >= 15 is 0 Å². The summed E-state index contributed by atoms with van der Waals surface area (Å²) in [5.41, 5.74) is 0. The summed E-state index contributed by atoms with van der Waals surface area (Å²) in [7, 11) is -3.51. The van der Waals surface area contributed by atoms with Crippen molar-refractivity contribution in [1.29, 1.82) is 0 Å². The number of hydrogen-bond acceptors (Lipinski definition) is 4.